The van der Waals surface area contributed by atoms with Crippen LogP contribution in [0.1, 0.15) is 19.8 Å². The zero-order chi connectivity index (χ0) is 13.2. The van der Waals surface area contributed by atoms with E-state index >= 15 is 0 Å². The van der Waals surface area contributed by atoms with E-state index in [2.05, 4.69) is 49.1 Å². The van der Waals surface area contributed by atoms with Gasteiger partial charge < -0.3 is 4.90 Å². The second kappa shape index (κ2) is 5.43. The number of nitrogens with zero attached hydrogens (tertiary/aromatic N) is 3. The molecule has 2 aliphatic rings. The van der Waals surface area contributed by atoms with Crippen LogP contribution >= 0.6 is 15.9 Å². The molecule has 1 fully saturated rings. The van der Waals surface area contributed by atoms with Crippen LogP contribution in [0.3, 0.4) is 0 Å². The molecule has 19 heavy (non-hydrogen) atoms. The maximum atomic E-state index is 4.53. The van der Waals surface area contributed by atoms with Crippen molar-refractivity contribution in [3.8, 4) is 0 Å². The lowest BCUT2D eigenvalue weighted by atomic mass is 9.93. The molecular formula is C14H18BrN4+. The third kappa shape index (κ3) is 2.72. The molecule has 5 heteroatoms. The van der Waals surface area contributed by atoms with Gasteiger partial charge in [0, 0.05) is 25.9 Å². The number of hydrogen-bond donors (Lipinski definition) is 1. The predicted octanol–water partition coefficient (Wildman–Crippen LogP) is 1.90. The summed E-state index contributed by atoms with van der Waals surface area (Å²) < 4.78 is 0.903. The van der Waals surface area contributed by atoms with Gasteiger partial charge in [-0.1, -0.05) is 6.07 Å². The van der Waals surface area contributed by atoms with Crippen LogP contribution in [-0.4, -0.2) is 24.4 Å². The Morgan fingerprint density at radius 2 is 2.11 bits per heavy atom. The smallest absolute Gasteiger partial charge is 0.191 e. The van der Waals surface area contributed by atoms with Gasteiger partial charge in [0.25, 0.3) is 0 Å². The molecule has 0 atom stereocenters. The van der Waals surface area contributed by atoms with Crippen molar-refractivity contribution in [2.75, 3.05) is 18.0 Å². The Balaban J connectivity index is 1.67. The van der Waals surface area contributed by atoms with Crippen molar-refractivity contribution in [1.29, 1.82) is 0 Å². The highest BCUT2D eigenvalue weighted by Crippen LogP contribution is 2.29. The van der Waals surface area contributed by atoms with Crippen molar-refractivity contribution in [3.05, 3.63) is 34.2 Å². The topological polar surface area (TPSA) is 45.1 Å². The van der Waals surface area contributed by atoms with Gasteiger partial charge in [-0.05, 0) is 40.9 Å². The van der Waals surface area contributed by atoms with Crippen molar-refractivity contribution < 1.29 is 5.32 Å². The van der Waals surface area contributed by atoms with Gasteiger partial charge in [0.2, 0.25) is 0 Å². The van der Waals surface area contributed by atoms with Crippen LogP contribution in [0, 0.1) is 5.92 Å². The number of halogens is 1. The third-order valence-electron chi connectivity index (χ3n) is 3.85. The first-order valence-electron chi connectivity index (χ1n) is 6.70. The highest BCUT2D eigenvalue weighted by Gasteiger charge is 2.27. The van der Waals surface area contributed by atoms with Crippen molar-refractivity contribution in [2.24, 2.45) is 10.9 Å². The molecule has 1 aromatic rings. The molecular weight excluding hydrogens is 304 g/mol. The van der Waals surface area contributed by atoms with Crippen molar-refractivity contribution in [3.63, 3.8) is 0 Å². The van der Waals surface area contributed by atoms with Gasteiger partial charge in [0.05, 0.1) is 0 Å². The highest BCUT2D eigenvalue weighted by molar-refractivity contribution is 9.10. The van der Waals surface area contributed by atoms with E-state index in [1.807, 2.05) is 18.5 Å². The van der Waals surface area contributed by atoms with E-state index in [4.69, 9.17) is 0 Å². The molecule has 0 aliphatic carbocycles. The van der Waals surface area contributed by atoms with Crippen LogP contribution in [0.5, 0.6) is 0 Å². The minimum Gasteiger partial charge on any atom is -0.357 e. The molecule has 0 radical (unpaired) electrons. The molecule has 0 spiro atoms. The minimum atomic E-state index is 0.610. The molecule has 3 rings (SSSR count). The lowest BCUT2D eigenvalue weighted by Gasteiger charge is -2.32. The van der Waals surface area contributed by atoms with Gasteiger partial charge in [0.1, 0.15) is 21.8 Å². The monoisotopic (exact) mass is 321 g/mol. The van der Waals surface area contributed by atoms with E-state index in [1.54, 1.807) is 0 Å². The molecule has 0 amide bonds. The summed E-state index contributed by atoms with van der Waals surface area (Å²) in [6.07, 6.45) is 4.24. The molecule has 0 unspecified atom stereocenters. The van der Waals surface area contributed by atoms with Crippen LogP contribution in [0.4, 0.5) is 5.82 Å². The molecule has 0 bridgehead atoms. The SMILES string of the molecule is CC1=C(C2CCN(c3cccc(Br)n3)CC2)N=C[NH2+]1. The molecule has 1 aromatic heterocycles. The number of piperidine rings is 1. The summed E-state index contributed by atoms with van der Waals surface area (Å²) in [5, 5.41) is 2.11. The molecule has 2 aliphatic heterocycles. The molecule has 4 nitrogen and oxygen atoms in total. The Kier molecular flexibility index (Phi) is 3.66. The first-order valence-corrected chi connectivity index (χ1v) is 7.49. The highest BCUT2D eigenvalue weighted by atomic mass is 79.9. The van der Waals surface area contributed by atoms with Crippen LogP contribution in [0.25, 0.3) is 0 Å². The van der Waals surface area contributed by atoms with Gasteiger partial charge in [0.15, 0.2) is 6.34 Å². The van der Waals surface area contributed by atoms with Gasteiger partial charge in [-0.25, -0.2) is 9.98 Å². The van der Waals surface area contributed by atoms with E-state index < -0.39 is 0 Å². The quantitative estimate of drug-likeness (QED) is 0.845. The van der Waals surface area contributed by atoms with E-state index in [0.717, 1.165) is 36.4 Å². The predicted molar refractivity (Wildman–Crippen MR) is 80.0 cm³/mol. The fourth-order valence-electron chi connectivity index (χ4n) is 2.80. The van der Waals surface area contributed by atoms with E-state index in [1.165, 1.54) is 11.4 Å². The average Bonchev–Trinajstić information content (AvgIpc) is 2.85. The van der Waals surface area contributed by atoms with Crippen LogP contribution in [0.15, 0.2) is 39.2 Å². The fourth-order valence-corrected chi connectivity index (χ4v) is 3.13. The molecule has 2 N–H and O–H groups in total. The summed E-state index contributed by atoms with van der Waals surface area (Å²) >= 11 is 3.43. The number of allylic oxidation sites excluding steroid dienone is 2. The maximum Gasteiger partial charge on any atom is 0.191 e. The standard InChI is InChI=1S/C14H17BrN4/c1-10-14(17-9-16-10)11-5-7-19(8-6-11)13-4-2-3-12(15)18-13/h2-4,9,11H,5-8H2,1H3,(H,16,17)/p+1. The maximum absolute atomic E-state index is 4.53. The van der Waals surface area contributed by atoms with E-state index in [0.29, 0.717) is 5.92 Å². The van der Waals surface area contributed by atoms with Crippen molar-refractivity contribution in [1.82, 2.24) is 4.98 Å². The molecule has 100 valence electrons. The van der Waals surface area contributed by atoms with Gasteiger partial charge in [-0.2, -0.15) is 0 Å². The van der Waals surface area contributed by atoms with E-state index in [-0.39, 0.29) is 0 Å². The Bertz CT molecular complexity index is 530. The number of nitrogens with two attached hydrogens (primary N) is 1. The fraction of sp³-hybridized carbons (Fsp3) is 0.429. The first-order chi connectivity index (χ1) is 9.24. The zero-order valence-electron chi connectivity index (χ0n) is 11.0. The Morgan fingerprint density at radius 1 is 1.32 bits per heavy atom. The summed E-state index contributed by atoms with van der Waals surface area (Å²) in [5.74, 6) is 1.68. The number of rotatable bonds is 2. The van der Waals surface area contributed by atoms with Crippen molar-refractivity contribution in [2.45, 2.75) is 19.8 Å². The van der Waals surface area contributed by atoms with E-state index in [9.17, 15) is 0 Å². The van der Waals surface area contributed by atoms with Crippen LogP contribution < -0.4 is 10.2 Å². The summed E-state index contributed by atoms with van der Waals surface area (Å²) in [6, 6.07) is 6.09. The Morgan fingerprint density at radius 3 is 2.74 bits per heavy atom. The number of hydrogen-bond acceptors (Lipinski definition) is 3. The first kappa shape index (κ1) is 12.8. The lowest BCUT2D eigenvalue weighted by molar-refractivity contribution is -0.470. The second-order valence-electron chi connectivity index (χ2n) is 5.09. The number of quaternary nitrogens is 1. The molecule has 1 saturated heterocycles. The second-order valence-corrected chi connectivity index (χ2v) is 5.91. The van der Waals surface area contributed by atoms with Crippen LogP contribution in [0.2, 0.25) is 0 Å². The summed E-state index contributed by atoms with van der Waals surface area (Å²) in [7, 11) is 0. The average molecular weight is 322 g/mol. The van der Waals surface area contributed by atoms with Crippen molar-refractivity contribution >= 4 is 28.1 Å². The number of anilines is 1. The van der Waals surface area contributed by atoms with Crippen LogP contribution in [-0.2, 0) is 0 Å². The van der Waals surface area contributed by atoms with Gasteiger partial charge in [-0.3, -0.25) is 5.32 Å². The lowest BCUT2D eigenvalue weighted by Crippen LogP contribution is -2.78. The summed E-state index contributed by atoms with van der Waals surface area (Å²) in [6.45, 7) is 4.27. The number of aromatic nitrogens is 1. The Hall–Kier alpha value is -1.20. The number of aliphatic imine (C=N–C) groups is 1. The minimum absolute atomic E-state index is 0.610. The summed E-state index contributed by atoms with van der Waals surface area (Å²) in [4.78, 5) is 11.4. The molecule has 3 heterocycles. The molecule has 0 aromatic carbocycles. The van der Waals surface area contributed by atoms with Gasteiger partial charge in [-0.15, -0.1) is 0 Å². The summed E-state index contributed by atoms with van der Waals surface area (Å²) in [5.41, 5.74) is 2.63. The normalized spacial score (nSPS) is 20.4. The Labute approximate surface area is 121 Å². The molecule has 0 saturated carbocycles. The zero-order valence-corrected chi connectivity index (χ0v) is 12.6. The largest absolute Gasteiger partial charge is 0.357 e. The third-order valence-corrected chi connectivity index (χ3v) is 4.29. The number of pyridine rings is 1. The van der Waals surface area contributed by atoms with Gasteiger partial charge >= 0.3 is 0 Å².